The summed E-state index contributed by atoms with van der Waals surface area (Å²) in [7, 11) is 0. The highest BCUT2D eigenvalue weighted by atomic mass is 16.5. The Morgan fingerprint density at radius 2 is 1.94 bits per heavy atom. The predicted octanol–water partition coefficient (Wildman–Crippen LogP) is 2.09. The molecule has 3 atom stereocenters. The maximum atomic E-state index is 9.95. The molecule has 0 amide bonds. The minimum Gasteiger partial charge on any atom is -0.390 e. The zero-order valence-corrected chi connectivity index (χ0v) is 10.9. The summed E-state index contributed by atoms with van der Waals surface area (Å²) in [5.74, 6) is 0.784. The summed E-state index contributed by atoms with van der Waals surface area (Å²) in [6.45, 7) is 3.16. The van der Waals surface area contributed by atoms with Crippen LogP contribution in [-0.4, -0.2) is 37.0 Å². The molecule has 1 aliphatic heterocycles. The molecule has 0 aromatic heterocycles. The summed E-state index contributed by atoms with van der Waals surface area (Å²) in [5.41, 5.74) is 0. The maximum Gasteiger partial charge on any atom is 0.0833 e. The van der Waals surface area contributed by atoms with Crippen molar-refractivity contribution in [3.63, 3.8) is 0 Å². The SMILES string of the molecule is OC1CCCCCC1OCCC1CCCNC1. The Labute approximate surface area is 105 Å². The average molecular weight is 241 g/mol. The van der Waals surface area contributed by atoms with E-state index in [0.29, 0.717) is 0 Å². The van der Waals surface area contributed by atoms with Gasteiger partial charge < -0.3 is 15.2 Å². The van der Waals surface area contributed by atoms with Gasteiger partial charge in [0.15, 0.2) is 0 Å². The van der Waals surface area contributed by atoms with Gasteiger partial charge in [-0.2, -0.15) is 0 Å². The standard InChI is InChI=1S/C14H27NO2/c16-13-6-2-1-3-7-14(13)17-10-8-12-5-4-9-15-11-12/h12-16H,1-11H2. The lowest BCUT2D eigenvalue weighted by Gasteiger charge is -2.25. The van der Waals surface area contributed by atoms with Gasteiger partial charge in [0, 0.05) is 6.61 Å². The zero-order chi connectivity index (χ0) is 11.9. The third-order valence-corrected chi connectivity index (χ3v) is 4.17. The van der Waals surface area contributed by atoms with Crippen LogP contribution in [0.15, 0.2) is 0 Å². The number of piperidine rings is 1. The van der Waals surface area contributed by atoms with Crippen molar-refractivity contribution < 1.29 is 9.84 Å². The van der Waals surface area contributed by atoms with Crippen molar-refractivity contribution >= 4 is 0 Å². The number of aliphatic hydroxyl groups excluding tert-OH is 1. The van der Waals surface area contributed by atoms with Crippen molar-refractivity contribution in [2.45, 2.75) is 63.6 Å². The number of hydrogen-bond donors (Lipinski definition) is 2. The Kier molecular flexibility index (Phi) is 5.75. The molecule has 17 heavy (non-hydrogen) atoms. The lowest BCUT2D eigenvalue weighted by Crippen LogP contribution is -2.32. The van der Waals surface area contributed by atoms with Crippen molar-refractivity contribution in [2.24, 2.45) is 5.92 Å². The maximum absolute atomic E-state index is 9.95. The number of ether oxygens (including phenoxy) is 1. The van der Waals surface area contributed by atoms with Gasteiger partial charge in [-0.15, -0.1) is 0 Å². The van der Waals surface area contributed by atoms with E-state index in [0.717, 1.165) is 44.8 Å². The van der Waals surface area contributed by atoms with Crippen molar-refractivity contribution in [1.29, 1.82) is 0 Å². The first-order valence-corrected chi connectivity index (χ1v) is 7.36. The van der Waals surface area contributed by atoms with Crippen LogP contribution in [-0.2, 0) is 4.74 Å². The quantitative estimate of drug-likeness (QED) is 0.741. The van der Waals surface area contributed by atoms with E-state index in [-0.39, 0.29) is 12.2 Å². The van der Waals surface area contributed by atoms with Crippen LogP contribution in [0.2, 0.25) is 0 Å². The van der Waals surface area contributed by atoms with E-state index in [2.05, 4.69) is 5.32 Å². The molecule has 0 bridgehead atoms. The van der Waals surface area contributed by atoms with Gasteiger partial charge in [0.1, 0.15) is 0 Å². The number of rotatable bonds is 4. The van der Waals surface area contributed by atoms with Crippen LogP contribution in [0, 0.1) is 5.92 Å². The van der Waals surface area contributed by atoms with E-state index in [4.69, 9.17) is 4.74 Å². The molecular weight excluding hydrogens is 214 g/mol. The Balaban J connectivity index is 1.62. The second-order valence-corrected chi connectivity index (χ2v) is 5.62. The molecule has 0 aromatic carbocycles. The van der Waals surface area contributed by atoms with Crippen molar-refractivity contribution in [2.75, 3.05) is 19.7 Å². The zero-order valence-electron chi connectivity index (χ0n) is 10.9. The molecule has 2 fully saturated rings. The van der Waals surface area contributed by atoms with Crippen LogP contribution >= 0.6 is 0 Å². The Hall–Kier alpha value is -0.120. The monoisotopic (exact) mass is 241 g/mol. The highest BCUT2D eigenvalue weighted by Gasteiger charge is 2.22. The van der Waals surface area contributed by atoms with Gasteiger partial charge in [-0.25, -0.2) is 0 Å². The highest BCUT2D eigenvalue weighted by molar-refractivity contribution is 4.74. The average Bonchev–Trinajstić information content (AvgIpc) is 2.56. The van der Waals surface area contributed by atoms with E-state index < -0.39 is 0 Å². The van der Waals surface area contributed by atoms with E-state index in [1.807, 2.05) is 0 Å². The summed E-state index contributed by atoms with van der Waals surface area (Å²) in [5, 5.41) is 13.4. The van der Waals surface area contributed by atoms with Crippen molar-refractivity contribution in [3.05, 3.63) is 0 Å². The number of nitrogens with one attached hydrogen (secondary N) is 1. The smallest absolute Gasteiger partial charge is 0.0833 e. The normalized spacial score (nSPS) is 35.5. The molecule has 100 valence electrons. The topological polar surface area (TPSA) is 41.5 Å². The first kappa shape index (κ1) is 13.3. The van der Waals surface area contributed by atoms with E-state index >= 15 is 0 Å². The first-order chi connectivity index (χ1) is 8.36. The van der Waals surface area contributed by atoms with Crippen LogP contribution in [0.25, 0.3) is 0 Å². The van der Waals surface area contributed by atoms with Crippen LogP contribution in [0.1, 0.15) is 51.4 Å². The summed E-state index contributed by atoms with van der Waals surface area (Å²) >= 11 is 0. The molecule has 1 aliphatic carbocycles. The minimum atomic E-state index is -0.220. The van der Waals surface area contributed by atoms with Crippen LogP contribution in [0.5, 0.6) is 0 Å². The van der Waals surface area contributed by atoms with E-state index in [1.165, 1.54) is 32.2 Å². The molecule has 0 spiro atoms. The number of aliphatic hydroxyl groups is 1. The molecular formula is C14H27NO2. The van der Waals surface area contributed by atoms with Gasteiger partial charge in [-0.1, -0.05) is 19.3 Å². The molecule has 2 aliphatic rings. The molecule has 2 rings (SSSR count). The number of hydrogen-bond acceptors (Lipinski definition) is 3. The van der Waals surface area contributed by atoms with Gasteiger partial charge in [-0.3, -0.25) is 0 Å². The van der Waals surface area contributed by atoms with Crippen LogP contribution < -0.4 is 5.32 Å². The van der Waals surface area contributed by atoms with Crippen LogP contribution in [0.3, 0.4) is 0 Å². The third-order valence-electron chi connectivity index (χ3n) is 4.17. The van der Waals surface area contributed by atoms with Gasteiger partial charge in [0.2, 0.25) is 0 Å². The molecule has 0 aromatic rings. The second kappa shape index (κ2) is 7.34. The lowest BCUT2D eigenvalue weighted by atomic mass is 9.97. The summed E-state index contributed by atoms with van der Waals surface area (Å²) in [6, 6.07) is 0. The van der Waals surface area contributed by atoms with Crippen LogP contribution in [0.4, 0.5) is 0 Å². The molecule has 3 heteroatoms. The van der Waals surface area contributed by atoms with Crippen molar-refractivity contribution in [3.8, 4) is 0 Å². The van der Waals surface area contributed by atoms with Gasteiger partial charge in [0.25, 0.3) is 0 Å². The van der Waals surface area contributed by atoms with Crippen molar-refractivity contribution in [1.82, 2.24) is 5.32 Å². The Bertz CT molecular complexity index is 204. The third kappa shape index (κ3) is 4.57. The Morgan fingerprint density at radius 1 is 1.06 bits per heavy atom. The molecule has 3 unspecified atom stereocenters. The molecule has 2 N–H and O–H groups in total. The molecule has 1 saturated heterocycles. The fourth-order valence-corrected chi connectivity index (χ4v) is 3.00. The summed E-state index contributed by atoms with van der Waals surface area (Å²) in [6.07, 6.45) is 9.27. The van der Waals surface area contributed by atoms with Gasteiger partial charge in [-0.05, 0) is 51.1 Å². The highest BCUT2D eigenvalue weighted by Crippen LogP contribution is 2.21. The predicted molar refractivity (Wildman–Crippen MR) is 69.0 cm³/mol. The minimum absolute atomic E-state index is 0.106. The Morgan fingerprint density at radius 3 is 2.76 bits per heavy atom. The summed E-state index contributed by atoms with van der Waals surface area (Å²) in [4.78, 5) is 0. The molecule has 3 nitrogen and oxygen atoms in total. The molecule has 1 heterocycles. The fourth-order valence-electron chi connectivity index (χ4n) is 3.00. The molecule has 0 radical (unpaired) electrons. The molecule has 1 saturated carbocycles. The lowest BCUT2D eigenvalue weighted by molar-refractivity contribution is -0.0443. The largest absolute Gasteiger partial charge is 0.390 e. The van der Waals surface area contributed by atoms with Gasteiger partial charge >= 0.3 is 0 Å². The summed E-state index contributed by atoms with van der Waals surface area (Å²) < 4.78 is 5.90. The first-order valence-electron chi connectivity index (χ1n) is 7.36. The van der Waals surface area contributed by atoms with E-state index in [9.17, 15) is 5.11 Å². The van der Waals surface area contributed by atoms with Gasteiger partial charge in [0.05, 0.1) is 12.2 Å². The van der Waals surface area contributed by atoms with E-state index in [1.54, 1.807) is 0 Å². The fraction of sp³-hybridized carbons (Fsp3) is 1.00. The second-order valence-electron chi connectivity index (χ2n) is 5.62.